The Morgan fingerprint density at radius 2 is 2.21 bits per heavy atom. The maximum Gasteiger partial charge on any atom is 0.265 e. The van der Waals surface area contributed by atoms with Crippen LogP contribution in [0.2, 0.25) is 5.02 Å². The fraction of sp³-hybridized carbons (Fsp3) is 0.412. The fourth-order valence-electron chi connectivity index (χ4n) is 2.68. The molecule has 0 saturated carbocycles. The molecule has 3 rings (SSSR count). The molecule has 1 fully saturated rings. The standard InChI is InChI=1S/C17H20ClN3O2S/c1-11-16(17(22)21(2)13-7-8-19-9-13)24-15(20-11)10-23-14-5-3-12(18)4-6-14/h3-6,13,19H,7-10H2,1-2H3/t13-/m1/s1. The SMILES string of the molecule is Cc1nc(COc2ccc(Cl)cc2)sc1C(=O)N(C)[C@@H]1CCNC1. The van der Waals surface area contributed by atoms with Gasteiger partial charge in [0.25, 0.3) is 5.91 Å². The highest BCUT2D eigenvalue weighted by molar-refractivity contribution is 7.13. The lowest BCUT2D eigenvalue weighted by molar-refractivity contribution is 0.0747. The molecule has 1 aromatic carbocycles. The topological polar surface area (TPSA) is 54.5 Å². The number of likely N-dealkylation sites (N-methyl/N-ethyl adjacent to an activating group) is 1. The minimum Gasteiger partial charge on any atom is -0.486 e. The molecule has 2 aromatic rings. The van der Waals surface area contributed by atoms with Gasteiger partial charge in [-0.15, -0.1) is 11.3 Å². The van der Waals surface area contributed by atoms with E-state index in [-0.39, 0.29) is 11.9 Å². The third-order valence-electron chi connectivity index (χ3n) is 4.11. The van der Waals surface area contributed by atoms with Gasteiger partial charge in [-0.1, -0.05) is 11.6 Å². The summed E-state index contributed by atoms with van der Waals surface area (Å²) in [6.07, 6.45) is 0.993. The lowest BCUT2D eigenvalue weighted by Gasteiger charge is -2.23. The summed E-state index contributed by atoms with van der Waals surface area (Å²) in [5.41, 5.74) is 0.762. The van der Waals surface area contributed by atoms with Crippen molar-refractivity contribution < 1.29 is 9.53 Å². The number of carbonyl (C=O) groups excluding carboxylic acids is 1. The number of halogens is 1. The first kappa shape index (κ1) is 17.2. The summed E-state index contributed by atoms with van der Waals surface area (Å²) in [4.78, 5) is 19.7. The highest BCUT2D eigenvalue weighted by Crippen LogP contribution is 2.23. The molecular weight excluding hydrogens is 346 g/mol. The van der Waals surface area contributed by atoms with Crippen LogP contribution in [0.25, 0.3) is 0 Å². The molecule has 1 N–H and O–H groups in total. The average molecular weight is 366 g/mol. The molecule has 1 aromatic heterocycles. The summed E-state index contributed by atoms with van der Waals surface area (Å²) in [5, 5.41) is 4.75. The fourth-order valence-corrected chi connectivity index (χ4v) is 3.77. The molecule has 1 aliphatic heterocycles. The third-order valence-corrected chi connectivity index (χ3v) is 5.48. The smallest absolute Gasteiger partial charge is 0.265 e. The van der Waals surface area contributed by atoms with Crippen LogP contribution in [-0.2, 0) is 6.61 Å². The van der Waals surface area contributed by atoms with Crippen LogP contribution in [0.3, 0.4) is 0 Å². The van der Waals surface area contributed by atoms with E-state index in [1.54, 1.807) is 12.1 Å². The van der Waals surface area contributed by atoms with Crippen LogP contribution in [0, 0.1) is 6.92 Å². The molecule has 5 nitrogen and oxygen atoms in total. The number of benzene rings is 1. The number of thiazole rings is 1. The van der Waals surface area contributed by atoms with Crippen molar-refractivity contribution in [1.29, 1.82) is 0 Å². The molecule has 0 spiro atoms. The Kier molecular flexibility index (Phi) is 5.38. The van der Waals surface area contributed by atoms with Crippen molar-refractivity contribution in [2.45, 2.75) is 26.0 Å². The zero-order valence-corrected chi connectivity index (χ0v) is 15.3. The first-order valence-corrected chi connectivity index (χ1v) is 9.06. The van der Waals surface area contributed by atoms with E-state index < -0.39 is 0 Å². The van der Waals surface area contributed by atoms with Crippen molar-refractivity contribution in [3.63, 3.8) is 0 Å². The quantitative estimate of drug-likeness (QED) is 0.884. The summed E-state index contributed by atoms with van der Waals surface area (Å²) in [6.45, 7) is 4.03. The molecule has 128 valence electrons. The van der Waals surface area contributed by atoms with Crippen molar-refractivity contribution in [2.75, 3.05) is 20.1 Å². The number of aryl methyl sites for hydroxylation is 1. The summed E-state index contributed by atoms with van der Waals surface area (Å²) >= 11 is 7.26. The van der Waals surface area contributed by atoms with Crippen LogP contribution in [0.15, 0.2) is 24.3 Å². The Labute approximate surface area is 150 Å². The summed E-state index contributed by atoms with van der Waals surface area (Å²) in [6, 6.07) is 7.45. The number of nitrogens with zero attached hydrogens (tertiary/aromatic N) is 2. The largest absolute Gasteiger partial charge is 0.486 e. The van der Waals surface area contributed by atoms with Crippen LogP contribution < -0.4 is 10.1 Å². The van der Waals surface area contributed by atoms with E-state index in [4.69, 9.17) is 16.3 Å². The number of hydrogen-bond acceptors (Lipinski definition) is 5. The van der Waals surface area contributed by atoms with E-state index in [0.29, 0.717) is 16.5 Å². The Bertz CT molecular complexity index is 711. The molecule has 0 aliphatic carbocycles. The number of aromatic nitrogens is 1. The molecule has 2 heterocycles. The van der Waals surface area contributed by atoms with E-state index in [2.05, 4.69) is 10.3 Å². The summed E-state index contributed by atoms with van der Waals surface area (Å²) < 4.78 is 5.71. The summed E-state index contributed by atoms with van der Waals surface area (Å²) in [5.74, 6) is 0.769. The maximum absolute atomic E-state index is 12.7. The average Bonchev–Trinajstić information content (AvgIpc) is 3.23. The maximum atomic E-state index is 12.7. The van der Waals surface area contributed by atoms with Gasteiger partial charge in [0, 0.05) is 24.7 Å². The lowest BCUT2D eigenvalue weighted by Crippen LogP contribution is -2.38. The zero-order chi connectivity index (χ0) is 17.1. The minimum atomic E-state index is 0.0384. The molecule has 24 heavy (non-hydrogen) atoms. The minimum absolute atomic E-state index is 0.0384. The van der Waals surface area contributed by atoms with Gasteiger partial charge in [-0.25, -0.2) is 4.98 Å². The third kappa shape index (κ3) is 3.88. The Morgan fingerprint density at radius 1 is 1.46 bits per heavy atom. The van der Waals surface area contributed by atoms with E-state index in [1.165, 1.54) is 11.3 Å². The van der Waals surface area contributed by atoms with Crippen molar-refractivity contribution in [3.8, 4) is 5.75 Å². The summed E-state index contributed by atoms with van der Waals surface area (Å²) in [7, 11) is 1.86. The van der Waals surface area contributed by atoms with Gasteiger partial charge in [0.15, 0.2) is 0 Å². The predicted molar refractivity (Wildman–Crippen MR) is 96.0 cm³/mol. The van der Waals surface area contributed by atoms with E-state index in [9.17, 15) is 4.79 Å². The number of hydrogen-bond donors (Lipinski definition) is 1. The van der Waals surface area contributed by atoms with E-state index >= 15 is 0 Å². The molecule has 1 atom stereocenters. The molecule has 1 aliphatic rings. The molecule has 0 unspecified atom stereocenters. The van der Waals surface area contributed by atoms with Gasteiger partial charge in [-0.3, -0.25) is 4.79 Å². The molecule has 0 bridgehead atoms. The van der Waals surface area contributed by atoms with Crippen molar-refractivity contribution in [1.82, 2.24) is 15.2 Å². The van der Waals surface area contributed by atoms with Gasteiger partial charge in [0.05, 0.1) is 5.69 Å². The van der Waals surface area contributed by atoms with Gasteiger partial charge < -0.3 is 15.0 Å². The van der Waals surface area contributed by atoms with Gasteiger partial charge >= 0.3 is 0 Å². The van der Waals surface area contributed by atoms with Crippen molar-refractivity contribution in [2.24, 2.45) is 0 Å². The molecule has 0 radical (unpaired) electrons. The Balaban J connectivity index is 1.65. The van der Waals surface area contributed by atoms with Crippen LogP contribution in [-0.4, -0.2) is 42.0 Å². The number of nitrogens with one attached hydrogen (secondary N) is 1. The first-order valence-electron chi connectivity index (χ1n) is 7.87. The second-order valence-electron chi connectivity index (χ2n) is 5.83. The Hall–Kier alpha value is -1.63. The van der Waals surface area contributed by atoms with Crippen LogP contribution >= 0.6 is 22.9 Å². The highest BCUT2D eigenvalue weighted by Gasteiger charge is 2.26. The zero-order valence-electron chi connectivity index (χ0n) is 13.7. The van der Waals surface area contributed by atoms with Gasteiger partial charge in [0.2, 0.25) is 0 Å². The van der Waals surface area contributed by atoms with Crippen molar-refractivity contribution in [3.05, 3.63) is 44.9 Å². The first-order chi connectivity index (χ1) is 11.5. The van der Waals surface area contributed by atoms with Crippen molar-refractivity contribution >= 4 is 28.8 Å². The molecule has 7 heteroatoms. The van der Waals surface area contributed by atoms with Gasteiger partial charge in [-0.05, 0) is 44.2 Å². The number of rotatable bonds is 5. The predicted octanol–water partition coefficient (Wildman–Crippen LogP) is 3.12. The second-order valence-corrected chi connectivity index (χ2v) is 7.35. The van der Waals surface area contributed by atoms with E-state index in [1.807, 2.05) is 31.0 Å². The normalized spacial score (nSPS) is 17.0. The van der Waals surface area contributed by atoms with Crippen LogP contribution in [0.4, 0.5) is 0 Å². The van der Waals surface area contributed by atoms with Crippen LogP contribution in [0.1, 0.15) is 26.8 Å². The van der Waals surface area contributed by atoms with Crippen LogP contribution in [0.5, 0.6) is 5.75 Å². The van der Waals surface area contributed by atoms with E-state index in [0.717, 1.165) is 36.0 Å². The second kappa shape index (κ2) is 7.51. The van der Waals surface area contributed by atoms with Gasteiger partial charge in [0.1, 0.15) is 22.2 Å². The highest BCUT2D eigenvalue weighted by atomic mass is 35.5. The molecular formula is C17H20ClN3O2S. The molecule has 1 amide bonds. The lowest BCUT2D eigenvalue weighted by atomic mass is 10.2. The molecule has 1 saturated heterocycles. The number of carbonyl (C=O) groups is 1. The number of amides is 1. The van der Waals surface area contributed by atoms with Gasteiger partial charge in [-0.2, -0.15) is 0 Å². The number of ether oxygens (including phenoxy) is 1. The monoisotopic (exact) mass is 365 g/mol. The Morgan fingerprint density at radius 3 is 2.88 bits per heavy atom.